The fourth-order valence-electron chi connectivity index (χ4n) is 2.65. The summed E-state index contributed by atoms with van der Waals surface area (Å²) < 4.78 is 6.55. The lowest BCUT2D eigenvalue weighted by molar-refractivity contribution is 0.102. The van der Waals surface area contributed by atoms with Gasteiger partial charge in [-0.25, -0.2) is 0 Å². The van der Waals surface area contributed by atoms with E-state index in [0.29, 0.717) is 29.3 Å². The summed E-state index contributed by atoms with van der Waals surface area (Å²) in [5.41, 5.74) is 3.69. The zero-order chi connectivity index (χ0) is 18.5. The summed E-state index contributed by atoms with van der Waals surface area (Å²) in [6.45, 7) is 4.28. The molecule has 132 valence electrons. The van der Waals surface area contributed by atoms with E-state index in [0.717, 1.165) is 15.7 Å². The molecule has 1 heterocycles. The Labute approximate surface area is 161 Å². The number of nitrogens with zero attached hydrogens (tertiary/aromatic N) is 1. The average Bonchev–Trinajstić information content (AvgIpc) is 2.63. The van der Waals surface area contributed by atoms with Crippen molar-refractivity contribution in [3.8, 4) is 17.0 Å². The van der Waals surface area contributed by atoms with Gasteiger partial charge in [0.2, 0.25) is 0 Å². The van der Waals surface area contributed by atoms with Crippen LogP contribution in [-0.2, 0) is 0 Å². The summed E-state index contributed by atoms with van der Waals surface area (Å²) in [6, 6.07) is 19.0. The molecule has 0 unspecified atom stereocenters. The lowest BCUT2D eigenvalue weighted by Crippen LogP contribution is -2.15. The zero-order valence-electron chi connectivity index (χ0n) is 14.6. The second-order valence-corrected chi connectivity index (χ2v) is 6.64. The van der Waals surface area contributed by atoms with Gasteiger partial charge in [-0.15, -0.1) is 0 Å². The van der Waals surface area contributed by atoms with Crippen LogP contribution in [0.1, 0.15) is 23.0 Å². The minimum atomic E-state index is -0.206. The summed E-state index contributed by atoms with van der Waals surface area (Å²) >= 11 is 3.47. The number of aryl methyl sites for hydroxylation is 1. The van der Waals surface area contributed by atoms with Crippen LogP contribution >= 0.6 is 15.9 Å². The van der Waals surface area contributed by atoms with Crippen molar-refractivity contribution >= 4 is 27.5 Å². The third-order valence-electron chi connectivity index (χ3n) is 3.89. The van der Waals surface area contributed by atoms with Gasteiger partial charge in [0.1, 0.15) is 5.75 Å². The van der Waals surface area contributed by atoms with E-state index in [1.54, 1.807) is 6.07 Å². The van der Waals surface area contributed by atoms with Gasteiger partial charge < -0.3 is 10.1 Å². The van der Waals surface area contributed by atoms with Crippen LogP contribution in [-0.4, -0.2) is 17.5 Å². The lowest BCUT2D eigenvalue weighted by atomic mass is 10.1. The molecule has 0 saturated heterocycles. The third kappa shape index (κ3) is 4.11. The maximum atomic E-state index is 12.7. The minimum absolute atomic E-state index is 0.206. The number of carbonyl (C=O) groups excluding carboxylic acids is 1. The molecule has 0 spiro atoms. The first-order chi connectivity index (χ1) is 12.6. The monoisotopic (exact) mass is 410 g/mol. The van der Waals surface area contributed by atoms with Crippen LogP contribution in [0.25, 0.3) is 11.3 Å². The molecule has 0 aliphatic carbocycles. The lowest BCUT2D eigenvalue weighted by Gasteiger charge is -2.12. The fraction of sp³-hybridized carbons (Fsp3) is 0.143. The average molecular weight is 411 g/mol. The Balaban J connectivity index is 1.85. The number of amides is 1. The molecule has 5 heteroatoms. The number of aromatic nitrogens is 1. The van der Waals surface area contributed by atoms with Crippen molar-refractivity contribution < 1.29 is 9.53 Å². The van der Waals surface area contributed by atoms with Gasteiger partial charge in [0, 0.05) is 10.0 Å². The van der Waals surface area contributed by atoms with Crippen LogP contribution in [0.15, 0.2) is 65.1 Å². The molecule has 1 amide bonds. The maximum Gasteiger partial charge on any atom is 0.257 e. The van der Waals surface area contributed by atoms with Crippen LogP contribution in [0.3, 0.4) is 0 Å². The van der Waals surface area contributed by atoms with Crippen molar-refractivity contribution in [3.05, 3.63) is 76.4 Å². The van der Waals surface area contributed by atoms with E-state index in [4.69, 9.17) is 4.74 Å². The first-order valence-corrected chi connectivity index (χ1v) is 9.14. The van der Waals surface area contributed by atoms with Gasteiger partial charge in [-0.2, -0.15) is 0 Å². The third-order valence-corrected chi connectivity index (χ3v) is 4.38. The van der Waals surface area contributed by atoms with E-state index in [1.807, 2.05) is 68.4 Å². The first kappa shape index (κ1) is 18.1. The number of pyridine rings is 1. The van der Waals surface area contributed by atoms with E-state index in [1.165, 1.54) is 0 Å². The Morgan fingerprint density at radius 3 is 2.65 bits per heavy atom. The topological polar surface area (TPSA) is 51.2 Å². The minimum Gasteiger partial charge on any atom is -0.492 e. The number of hydrogen-bond donors (Lipinski definition) is 1. The Hall–Kier alpha value is -2.66. The van der Waals surface area contributed by atoms with E-state index in [2.05, 4.69) is 26.2 Å². The van der Waals surface area contributed by atoms with Crippen molar-refractivity contribution in [1.29, 1.82) is 0 Å². The summed E-state index contributed by atoms with van der Waals surface area (Å²) in [4.78, 5) is 17.3. The van der Waals surface area contributed by atoms with Crippen molar-refractivity contribution in [2.75, 3.05) is 11.9 Å². The molecular formula is C21H19BrN2O2. The zero-order valence-corrected chi connectivity index (χ0v) is 16.2. The quantitative estimate of drug-likeness (QED) is 0.606. The van der Waals surface area contributed by atoms with Crippen LogP contribution in [0.4, 0.5) is 5.69 Å². The normalized spacial score (nSPS) is 10.4. The summed E-state index contributed by atoms with van der Waals surface area (Å²) in [6.07, 6.45) is 0. The van der Waals surface area contributed by atoms with Crippen LogP contribution < -0.4 is 10.1 Å². The predicted molar refractivity (Wildman–Crippen MR) is 108 cm³/mol. The van der Waals surface area contributed by atoms with Gasteiger partial charge in [0.15, 0.2) is 0 Å². The second-order valence-electron chi connectivity index (χ2n) is 5.72. The van der Waals surface area contributed by atoms with Crippen molar-refractivity contribution in [2.45, 2.75) is 13.8 Å². The number of anilines is 1. The van der Waals surface area contributed by atoms with E-state index in [9.17, 15) is 4.79 Å². The van der Waals surface area contributed by atoms with Gasteiger partial charge in [0.25, 0.3) is 5.91 Å². The number of nitrogens with one attached hydrogen (secondary N) is 1. The first-order valence-electron chi connectivity index (χ1n) is 8.35. The smallest absolute Gasteiger partial charge is 0.257 e. The van der Waals surface area contributed by atoms with E-state index in [-0.39, 0.29) is 5.91 Å². The van der Waals surface area contributed by atoms with E-state index >= 15 is 0 Å². The predicted octanol–water partition coefficient (Wildman–Crippen LogP) is 5.47. The van der Waals surface area contributed by atoms with Gasteiger partial charge in [-0.3, -0.25) is 9.78 Å². The fourth-order valence-corrected chi connectivity index (χ4v) is 3.05. The molecule has 4 nitrogen and oxygen atoms in total. The summed E-state index contributed by atoms with van der Waals surface area (Å²) in [7, 11) is 0. The number of hydrogen-bond acceptors (Lipinski definition) is 3. The molecule has 0 aliphatic rings. The highest BCUT2D eigenvalue weighted by atomic mass is 79.9. The second kappa shape index (κ2) is 8.15. The van der Waals surface area contributed by atoms with Crippen molar-refractivity contribution in [2.24, 2.45) is 0 Å². The number of para-hydroxylation sites is 2. The Morgan fingerprint density at radius 1 is 1.12 bits per heavy atom. The highest BCUT2D eigenvalue weighted by Crippen LogP contribution is 2.26. The summed E-state index contributed by atoms with van der Waals surface area (Å²) in [5, 5.41) is 2.91. The SMILES string of the molecule is CCOc1ccccc1NC(=O)c1ccc(-c2cccc(Br)c2)nc1C. The van der Waals surface area contributed by atoms with Gasteiger partial charge in [0.05, 0.1) is 29.2 Å². The number of benzene rings is 2. The molecule has 1 aromatic heterocycles. The standard InChI is InChI=1S/C21H19BrN2O2/c1-3-26-20-10-5-4-9-19(20)24-21(25)17-11-12-18(23-14(17)2)15-7-6-8-16(22)13-15/h4-13H,3H2,1-2H3,(H,24,25). The Morgan fingerprint density at radius 2 is 1.92 bits per heavy atom. The van der Waals surface area contributed by atoms with Crippen LogP contribution in [0, 0.1) is 6.92 Å². The van der Waals surface area contributed by atoms with Crippen molar-refractivity contribution in [3.63, 3.8) is 0 Å². The Bertz CT molecular complexity index is 941. The number of rotatable bonds is 5. The van der Waals surface area contributed by atoms with E-state index < -0.39 is 0 Å². The molecule has 2 aromatic carbocycles. The highest BCUT2D eigenvalue weighted by molar-refractivity contribution is 9.10. The van der Waals surface area contributed by atoms with Gasteiger partial charge in [-0.1, -0.05) is 40.2 Å². The molecule has 0 saturated carbocycles. The molecule has 0 radical (unpaired) electrons. The summed E-state index contributed by atoms with van der Waals surface area (Å²) in [5.74, 6) is 0.447. The van der Waals surface area contributed by atoms with Gasteiger partial charge in [-0.05, 0) is 50.2 Å². The number of carbonyl (C=O) groups is 1. The molecular weight excluding hydrogens is 392 g/mol. The maximum absolute atomic E-state index is 12.7. The molecule has 3 rings (SSSR count). The molecule has 26 heavy (non-hydrogen) atoms. The molecule has 0 atom stereocenters. The largest absolute Gasteiger partial charge is 0.492 e. The van der Waals surface area contributed by atoms with Crippen LogP contribution in [0.2, 0.25) is 0 Å². The molecule has 1 N–H and O–H groups in total. The van der Waals surface area contributed by atoms with Crippen LogP contribution in [0.5, 0.6) is 5.75 Å². The Kier molecular flexibility index (Phi) is 5.68. The van der Waals surface area contributed by atoms with Crippen molar-refractivity contribution in [1.82, 2.24) is 4.98 Å². The molecule has 0 bridgehead atoms. The van der Waals surface area contributed by atoms with Gasteiger partial charge >= 0.3 is 0 Å². The molecule has 3 aromatic rings. The number of ether oxygens (including phenoxy) is 1. The molecule has 0 aliphatic heterocycles. The molecule has 0 fully saturated rings. The highest BCUT2D eigenvalue weighted by Gasteiger charge is 2.14. The number of halogens is 1.